The molecule has 2 aliphatic rings. The molecule has 2 fully saturated rings. The molecule has 4 atom stereocenters. The van der Waals surface area contributed by atoms with Crippen molar-refractivity contribution >= 4 is 29.6 Å². The van der Waals surface area contributed by atoms with Crippen molar-refractivity contribution in [3.63, 3.8) is 0 Å². The first kappa shape index (κ1) is 29.7. The number of carbonyl (C=O) groups is 5. The highest BCUT2D eigenvalue weighted by atomic mass is 16.4. The quantitative estimate of drug-likeness (QED) is 0.309. The summed E-state index contributed by atoms with van der Waals surface area (Å²) in [5, 5.41) is 14.2. The van der Waals surface area contributed by atoms with Crippen molar-refractivity contribution in [1.82, 2.24) is 20.4 Å². The standard InChI is InChI=1S/C30H37N5O6/c31-22(17-20-9-3-1-4-10-20)29(40)34-15-8-14-25(34)28(39)33-23(18-21-11-5-2-6-12-21)30(41)35-16-7-13-24(35)27(38)32-19-26(36)37/h1-6,9-12,22-25H,7-8,13-19,31H2,(H,32,38)(H,33,39)(H,36,37)/t22-,23-,24-,25-/m0/s1. The Labute approximate surface area is 239 Å². The lowest BCUT2D eigenvalue weighted by atomic mass is 10.0. The van der Waals surface area contributed by atoms with Gasteiger partial charge in [-0.3, -0.25) is 24.0 Å². The molecule has 218 valence electrons. The smallest absolute Gasteiger partial charge is 0.322 e. The van der Waals surface area contributed by atoms with Gasteiger partial charge in [0.15, 0.2) is 0 Å². The molecule has 4 amide bonds. The summed E-state index contributed by atoms with van der Waals surface area (Å²) in [6.07, 6.45) is 2.60. The van der Waals surface area contributed by atoms with Crippen LogP contribution in [0.1, 0.15) is 36.8 Å². The summed E-state index contributed by atoms with van der Waals surface area (Å²) >= 11 is 0. The third kappa shape index (κ3) is 7.69. The van der Waals surface area contributed by atoms with Crippen LogP contribution in [-0.2, 0) is 36.8 Å². The van der Waals surface area contributed by atoms with Crippen molar-refractivity contribution < 1.29 is 29.1 Å². The molecule has 11 nitrogen and oxygen atoms in total. The van der Waals surface area contributed by atoms with Crippen molar-refractivity contribution in [3.8, 4) is 0 Å². The van der Waals surface area contributed by atoms with Gasteiger partial charge in [0.1, 0.15) is 24.7 Å². The predicted molar refractivity (Wildman–Crippen MR) is 150 cm³/mol. The van der Waals surface area contributed by atoms with Crippen molar-refractivity contribution in [3.05, 3.63) is 71.8 Å². The molecule has 0 unspecified atom stereocenters. The number of hydrogen-bond acceptors (Lipinski definition) is 6. The Morgan fingerprint density at radius 2 is 1.29 bits per heavy atom. The molecule has 2 heterocycles. The fourth-order valence-corrected chi connectivity index (χ4v) is 5.57. The van der Waals surface area contributed by atoms with Gasteiger partial charge in [-0.15, -0.1) is 0 Å². The summed E-state index contributed by atoms with van der Waals surface area (Å²) in [6.45, 7) is 0.168. The Kier molecular flexibility index (Phi) is 10.1. The number of rotatable bonds is 11. The van der Waals surface area contributed by atoms with E-state index in [1.54, 1.807) is 0 Å². The van der Waals surface area contributed by atoms with E-state index in [1.165, 1.54) is 9.80 Å². The van der Waals surface area contributed by atoms with E-state index in [9.17, 15) is 24.0 Å². The summed E-state index contributed by atoms with van der Waals surface area (Å²) in [5.41, 5.74) is 8.00. The maximum Gasteiger partial charge on any atom is 0.322 e. The number of aliphatic carboxylic acids is 1. The summed E-state index contributed by atoms with van der Waals surface area (Å²) in [5.74, 6) is -2.90. The van der Waals surface area contributed by atoms with Crippen molar-refractivity contribution in [2.24, 2.45) is 5.73 Å². The number of likely N-dealkylation sites (tertiary alicyclic amines) is 2. The van der Waals surface area contributed by atoms with Crippen LogP contribution in [0.25, 0.3) is 0 Å². The highest BCUT2D eigenvalue weighted by Crippen LogP contribution is 2.22. The molecule has 0 radical (unpaired) electrons. The summed E-state index contributed by atoms with van der Waals surface area (Å²) in [7, 11) is 0. The largest absolute Gasteiger partial charge is 0.480 e. The zero-order valence-corrected chi connectivity index (χ0v) is 22.9. The number of benzene rings is 2. The second-order valence-electron chi connectivity index (χ2n) is 10.5. The topological polar surface area (TPSA) is 162 Å². The number of carboxylic acid groups (broad SMARTS) is 1. The number of carboxylic acids is 1. The summed E-state index contributed by atoms with van der Waals surface area (Å²) < 4.78 is 0. The third-order valence-corrected chi connectivity index (χ3v) is 7.60. The lowest BCUT2D eigenvalue weighted by Crippen LogP contribution is -2.58. The van der Waals surface area contributed by atoms with Gasteiger partial charge in [-0.25, -0.2) is 0 Å². The molecule has 41 heavy (non-hydrogen) atoms. The Balaban J connectivity index is 1.48. The molecular formula is C30H37N5O6. The Morgan fingerprint density at radius 1 is 0.780 bits per heavy atom. The highest BCUT2D eigenvalue weighted by Gasteiger charge is 2.41. The van der Waals surface area contributed by atoms with E-state index in [1.807, 2.05) is 60.7 Å². The van der Waals surface area contributed by atoms with E-state index in [-0.39, 0.29) is 12.3 Å². The lowest BCUT2D eigenvalue weighted by Gasteiger charge is -2.31. The summed E-state index contributed by atoms with van der Waals surface area (Å²) in [6, 6.07) is 15.3. The number of nitrogens with two attached hydrogens (primary N) is 1. The molecule has 11 heteroatoms. The average Bonchev–Trinajstić information content (AvgIpc) is 3.66. The number of amides is 4. The maximum atomic E-state index is 13.8. The number of carbonyl (C=O) groups excluding carboxylic acids is 4. The Bertz CT molecular complexity index is 1240. The van der Waals surface area contributed by atoms with Crippen LogP contribution < -0.4 is 16.4 Å². The zero-order valence-electron chi connectivity index (χ0n) is 22.9. The predicted octanol–water partition coefficient (Wildman–Crippen LogP) is 0.467. The van der Waals surface area contributed by atoms with Crippen LogP contribution in [0.15, 0.2) is 60.7 Å². The molecule has 0 spiro atoms. The van der Waals surface area contributed by atoms with Gasteiger partial charge in [0.05, 0.1) is 6.04 Å². The molecule has 2 saturated heterocycles. The minimum Gasteiger partial charge on any atom is -0.480 e. The van der Waals surface area contributed by atoms with Gasteiger partial charge in [0.2, 0.25) is 23.6 Å². The maximum absolute atomic E-state index is 13.8. The number of nitrogens with zero attached hydrogens (tertiary/aromatic N) is 2. The van der Waals surface area contributed by atoms with Crippen molar-refractivity contribution in [2.75, 3.05) is 19.6 Å². The molecular weight excluding hydrogens is 526 g/mol. The molecule has 0 aromatic heterocycles. The molecule has 0 saturated carbocycles. The van der Waals surface area contributed by atoms with Crippen LogP contribution in [0.3, 0.4) is 0 Å². The SMILES string of the molecule is N[C@@H](Cc1ccccc1)C(=O)N1CCC[C@H]1C(=O)N[C@@H](Cc1ccccc1)C(=O)N1CCC[C@H]1C(=O)NCC(=O)O. The van der Waals surface area contributed by atoms with Crippen LogP contribution in [0.2, 0.25) is 0 Å². The van der Waals surface area contributed by atoms with E-state index in [0.29, 0.717) is 45.2 Å². The minimum atomic E-state index is -1.18. The fourth-order valence-electron chi connectivity index (χ4n) is 5.57. The molecule has 2 aromatic rings. The normalized spacial score (nSPS) is 19.8. The molecule has 2 aliphatic heterocycles. The van der Waals surface area contributed by atoms with Crippen LogP contribution in [0.5, 0.6) is 0 Å². The van der Waals surface area contributed by atoms with Crippen LogP contribution >= 0.6 is 0 Å². The second-order valence-corrected chi connectivity index (χ2v) is 10.5. The van der Waals surface area contributed by atoms with Gasteiger partial charge < -0.3 is 31.3 Å². The number of hydrogen-bond donors (Lipinski definition) is 4. The molecule has 0 bridgehead atoms. The van der Waals surface area contributed by atoms with E-state index >= 15 is 0 Å². The van der Waals surface area contributed by atoms with Crippen LogP contribution in [-0.4, -0.2) is 88.3 Å². The minimum absolute atomic E-state index is 0.194. The summed E-state index contributed by atoms with van der Waals surface area (Å²) in [4.78, 5) is 67.2. The third-order valence-electron chi connectivity index (χ3n) is 7.60. The van der Waals surface area contributed by atoms with Gasteiger partial charge in [0, 0.05) is 19.5 Å². The van der Waals surface area contributed by atoms with Gasteiger partial charge >= 0.3 is 5.97 Å². The van der Waals surface area contributed by atoms with E-state index < -0.39 is 54.4 Å². The van der Waals surface area contributed by atoms with Crippen molar-refractivity contribution in [1.29, 1.82) is 0 Å². The molecule has 5 N–H and O–H groups in total. The molecule has 4 rings (SSSR count). The highest BCUT2D eigenvalue weighted by molar-refractivity contribution is 5.96. The lowest BCUT2D eigenvalue weighted by molar-refractivity contribution is -0.144. The monoisotopic (exact) mass is 563 g/mol. The van der Waals surface area contributed by atoms with Crippen LogP contribution in [0, 0.1) is 0 Å². The molecule has 0 aliphatic carbocycles. The zero-order chi connectivity index (χ0) is 29.4. The molecule has 2 aromatic carbocycles. The van der Waals surface area contributed by atoms with E-state index in [2.05, 4.69) is 10.6 Å². The number of nitrogens with one attached hydrogen (secondary N) is 2. The van der Waals surface area contributed by atoms with E-state index in [0.717, 1.165) is 11.1 Å². The van der Waals surface area contributed by atoms with Gasteiger partial charge in [-0.2, -0.15) is 0 Å². The van der Waals surface area contributed by atoms with Gasteiger partial charge in [-0.1, -0.05) is 60.7 Å². The van der Waals surface area contributed by atoms with Crippen molar-refractivity contribution in [2.45, 2.75) is 62.7 Å². The first-order chi connectivity index (χ1) is 19.7. The average molecular weight is 564 g/mol. The first-order valence-electron chi connectivity index (χ1n) is 14.0. The second kappa shape index (κ2) is 13.9. The van der Waals surface area contributed by atoms with Crippen LogP contribution in [0.4, 0.5) is 0 Å². The van der Waals surface area contributed by atoms with Gasteiger partial charge in [0.25, 0.3) is 0 Å². The Hall–Kier alpha value is -4.25. The first-order valence-corrected chi connectivity index (χ1v) is 14.0. The van der Waals surface area contributed by atoms with Gasteiger partial charge in [-0.05, 0) is 43.2 Å². The fraction of sp³-hybridized carbons (Fsp3) is 0.433. The Morgan fingerprint density at radius 3 is 1.85 bits per heavy atom. The van der Waals surface area contributed by atoms with E-state index in [4.69, 9.17) is 10.8 Å².